The van der Waals surface area contributed by atoms with Crippen LogP contribution in [0, 0.1) is 16.0 Å². The molecule has 0 fully saturated rings. The van der Waals surface area contributed by atoms with Gasteiger partial charge in [-0.1, -0.05) is 60.7 Å². The Labute approximate surface area is 186 Å². The smallest absolute Gasteiger partial charge is 0.275 e. The summed E-state index contributed by atoms with van der Waals surface area (Å²) in [5.74, 6) is 1.51. The highest BCUT2D eigenvalue weighted by atomic mass is 16.6. The maximum Gasteiger partial charge on any atom is 0.275 e. The number of nitrogens with zero attached hydrogens (tertiary/aromatic N) is 1. The maximum atomic E-state index is 11.8. The molecule has 1 N–H and O–H groups in total. The fraction of sp³-hybridized carbons (Fsp3) is 0.231. The predicted octanol–water partition coefficient (Wildman–Crippen LogP) is 6.01. The van der Waals surface area contributed by atoms with Crippen LogP contribution in [0.25, 0.3) is 0 Å². The molecule has 162 valence electrons. The molecule has 3 atom stereocenters. The second kappa shape index (κ2) is 8.38. The number of methoxy groups -OCH3 is 1. The Kier molecular flexibility index (Phi) is 5.27. The minimum atomic E-state index is -0.305. The van der Waals surface area contributed by atoms with Crippen LogP contribution < -0.4 is 14.8 Å². The summed E-state index contributed by atoms with van der Waals surface area (Å²) < 4.78 is 11.8. The van der Waals surface area contributed by atoms with Gasteiger partial charge >= 0.3 is 0 Å². The Hall–Kier alpha value is -3.80. The van der Waals surface area contributed by atoms with Gasteiger partial charge in [0.05, 0.1) is 29.3 Å². The first kappa shape index (κ1) is 20.1. The quantitative estimate of drug-likeness (QED) is 0.296. The minimum absolute atomic E-state index is 0.0612. The third-order valence-electron chi connectivity index (χ3n) is 6.37. The van der Waals surface area contributed by atoms with Crippen molar-refractivity contribution in [1.82, 2.24) is 0 Å². The van der Waals surface area contributed by atoms with Gasteiger partial charge in [-0.05, 0) is 30.0 Å². The maximum absolute atomic E-state index is 11.8. The third kappa shape index (κ3) is 3.47. The molecule has 0 saturated heterocycles. The van der Waals surface area contributed by atoms with Crippen molar-refractivity contribution >= 4 is 11.4 Å². The molecule has 6 heteroatoms. The highest BCUT2D eigenvalue weighted by Gasteiger charge is 2.43. The van der Waals surface area contributed by atoms with E-state index in [-0.39, 0.29) is 28.5 Å². The molecule has 32 heavy (non-hydrogen) atoms. The first-order valence-corrected chi connectivity index (χ1v) is 10.7. The Bertz CT molecular complexity index is 1180. The summed E-state index contributed by atoms with van der Waals surface area (Å²) >= 11 is 0. The van der Waals surface area contributed by atoms with Gasteiger partial charge in [-0.3, -0.25) is 10.1 Å². The summed E-state index contributed by atoms with van der Waals surface area (Å²) in [6.07, 6.45) is 5.05. The lowest BCUT2D eigenvalue weighted by atomic mass is 9.76. The van der Waals surface area contributed by atoms with Gasteiger partial charge in [0, 0.05) is 17.5 Å². The summed E-state index contributed by atoms with van der Waals surface area (Å²) in [7, 11) is 1.59. The van der Waals surface area contributed by atoms with E-state index in [1.807, 2.05) is 48.5 Å². The van der Waals surface area contributed by atoms with Crippen molar-refractivity contribution in [3.63, 3.8) is 0 Å². The number of benzene rings is 3. The van der Waals surface area contributed by atoms with Crippen molar-refractivity contribution in [2.24, 2.45) is 5.92 Å². The first-order valence-electron chi connectivity index (χ1n) is 10.7. The lowest BCUT2D eigenvalue weighted by molar-refractivity contribution is -0.385. The number of nitro benzene ring substituents is 1. The van der Waals surface area contributed by atoms with Crippen LogP contribution in [-0.4, -0.2) is 12.0 Å². The topological polar surface area (TPSA) is 73.6 Å². The molecule has 3 unspecified atom stereocenters. The molecule has 0 spiro atoms. The number of nitrogens with one attached hydrogen (secondary N) is 1. The molecule has 1 heterocycles. The van der Waals surface area contributed by atoms with Crippen molar-refractivity contribution in [2.45, 2.75) is 25.0 Å². The van der Waals surface area contributed by atoms with Crippen molar-refractivity contribution < 1.29 is 14.4 Å². The van der Waals surface area contributed by atoms with Crippen molar-refractivity contribution in [3.8, 4) is 11.5 Å². The second-order valence-corrected chi connectivity index (χ2v) is 8.12. The van der Waals surface area contributed by atoms with E-state index in [9.17, 15) is 10.1 Å². The molecule has 3 aromatic rings. The minimum Gasteiger partial charge on any atom is -0.495 e. The number of ether oxygens (including phenoxy) is 2. The molecule has 0 amide bonds. The average molecular weight is 428 g/mol. The van der Waals surface area contributed by atoms with E-state index < -0.39 is 0 Å². The second-order valence-electron chi connectivity index (χ2n) is 8.12. The van der Waals surface area contributed by atoms with E-state index in [4.69, 9.17) is 9.47 Å². The molecule has 1 aliphatic heterocycles. The van der Waals surface area contributed by atoms with Crippen LogP contribution in [0.3, 0.4) is 0 Å². The SMILES string of the molecule is COc1ccc([N+](=O)[O-])c2c1NC(c1ccccc1OCc1ccccc1)C1CC=CC21. The first-order chi connectivity index (χ1) is 15.7. The zero-order valence-corrected chi connectivity index (χ0v) is 17.7. The van der Waals surface area contributed by atoms with Crippen LogP contribution in [0.4, 0.5) is 11.4 Å². The van der Waals surface area contributed by atoms with E-state index in [1.165, 1.54) is 0 Å². The fourth-order valence-electron chi connectivity index (χ4n) is 4.90. The van der Waals surface area contributed by atoms with Crippen molar-refractivity contribution in [2.75, 3.05) is 12.4 Å². The zero-order chi connectivity index (χ0) is 22.1. The molecular formula is C26H24N2O4. The lowest BCUT2D eigenvalue weighted by Gasteiger charge is -2.38. The molecular weight excluding hydrogens is 404 g/mol. The number of fused-ring (bicyclic) bond motifs is 3. The number of anilines is 1. The number of rotatable bonds is 6. The standard InChI is InChI=1S/C26H24N2O4/c1-31-23-15-14-21(28(29)30)24-18-11-7-12-19(18)25(27-26(23)24)20-10-5-6-13-22(20)32-16-17-8-3-2-4-9-17/h2-11,13-15,18-19,25,27H,12,16H2,1H3. The third-order valence-corrected chi connectivity index (χ3v) is 6.37. The van der Waals surface area contributed by atoms with Crippen molar-refractivity contribution in [1.29, 1.82) is 0 Å². The average Bonchev–Trinajstić information content (AvgIpc) is 3.32. The van der Waals surface area contributed by atoms with Crippen LogP contribution in [0.1, 0.15) is 35.1 Å². The highest BCUT2D eigenvalue weighted by molar-refractivity contribution is 5.74. The highest BCUT2D eigenvalue weighted by Crippen LogP contribution is 2.55. The van der Waals surface area contributed by atoms with Crippen LogP contribution in [0.15, 0.2) is 78.9 Å². The van der Waals surface area contributed by atoms with E-state index in [0.717, 1.165) is 23.3 Å². The Morgan fingerprint density at radius 1 is 1.03 bits per heavy atom. The largest absolute Gasteiger partial charge is 0.495 e. The molecule has 0 aromatic heterocycles. The van der Waals surface area contributed by atoms with Gasteiger partial charge in [0.15, 0.2) is 0 Å². The predicted molar refractivity (Wildman–Crippen MR) is 123 cm³/mol. The monoisotopic (exact) mass is 428 g/mol. The molecule has 5 rings (SSSR count). The Morgan fingerprint density at radius 3 is 2.59 bits per heavy atom. The Balaban J connectivity index is 1.54. The van der Waals surface area contributed by atoms with Crippen LogP contribution in [0.5, 0.6) is 11.5 Å². The van der Waals surface area contributed by atoms with Crippen molar-refractivity contribution in [3.05, 3.63) is 106 Å². The van der Waals surface area contributed by atoms with Gasteiger partial charge in [0.2, 0.25) is 0 Å². The molecule has 0 saturated carbocycles. The summed E-state index contributed by atoms with van der Waals surface area (Å²) in [6, 6.07) is 21.2. The van der Waals surface area contributed by atoms with E-state index in [1.54, 1.807) is 19.2 Å². The van der Waals surface area contributed by atoms with Crippen LogP contribution >= 0.6 is 0 Å². The van der Waals surface area contributed by atoms with E-state index >= 15 is 0 Å². The summed E-state index contributed by atoms with van der Waals surface area (Å²) in [5.41, 5.74) is 3.66. The van der Waals surface area contributed by atoms with E-state index in [2.05, 4.69) is 23.5 Å². The summed E-state index contributed by atoms with van der Waals surface area (Å²) in [5, 5.41) is 15.4. The number of hydrogen-bond donors (Lipinski definition) is 1. The van der Waals surface area contributed by atoms with Gasteiger partial charge in [-0.15, -0.1) is 0 Å². The van der Waals surface area contributed by atoms with Gasteiger partial charge in [-0.25, -0.2) is 0 Å². The van der Waals surface area contributed by atoms with Gasteiger partial charge in [-0.2, -0.15) is 0 Å². The molecule has 3 aromatic carbocycles. The number of hydrogen-bond acceptors (Lipinski definition) is 5. The summed E-state index contributed by atoms with van der Waals surface area (Å²) in [4.78, 5) is 11.5. The van der Waals surface area contributed by atoms with Crippen LogP contribution in [0.2, 0.25) is 0 Å². The number of nitro groups is 1. The van der Waals surface area contributed by atoms with Crippen LogP contribution in [-0.2, 0) is 6.61 Å². The molecule has 6 nitrogen and oxygen atoms in total. The van der Waals surface area contributed by atoms with Gasteiger partial charge in [0.25, 0.3) is 5.69 Å². The number of para-hydroxylation sites is 1. The van der Waals surface area contributed by atoms with Gasteiger partial charge in [0.1, 0.15) is 18.1 Å². The van der Waals surface area contributed by atoms with Gasteiger partial charge < -0.3 is 14.8 Å². The normalized spacial score (nSPS) is 20.7. The summed E-state index contributed by atoms with van der Waals surface area (Å²) in [6.45, 7) is 0.475. The molecule has 0 bridgehead atoms. The molecule has 1 aliphatic carbocycles. The fourth-order valence-corrected chi connectivity index (χ4v) is 4.90. The Morgan fingerprint density at radius 2 is 1.81 bits per heavy atom. The lowest BCUT2D eigenvalue weighted by Crippen LogP contribution is -2.30. The number of allylic oxidation sites excluding steroid dienone is 2. The molecule has 2 aliphatic rings. The molecule has 0 radical (unpaired) electrons. The zero-order valence-electron chi connectivity index (χ0n) is 17.7. The van der Waals surface area contributed by atoms with E-state index in [0.29, 0.717) is 23.6 Å².